The maximum Gasteiger partial charge on any atom is 0.305 e. The number of carbonyl (C=O) groups excluding carboxylic acids is 1. The molecule has 0 N–H and O–H groups in total. The molecule has 0 radical (unpaired) electrons. The van der Waals surface area contributed by atoms with Crippen molar-refractivity contribution in [3.63, 3.8) is 0 Å². The number of ether oxygens (including phenoxy) is 6. The van der Waals surface area contributed by atoms with Gasteiger partial charge in [-0.25, -0.2) is 0 Å². The first-order chi connectivity index (χ1) is 18.3. The third-order valence-electron chi connectivity index (χ3n) is 6.11. The largest absolute Gasteiger partial charge is 0.463 e. The lowest BCUT2D eigenvalue weighted by Gasteiger charge is -2.08. The van der Waals surface area contributed by atoms with Crippen molar-refractivity contribution in [2.24, 2.45) is 0 Å². The van der Waals surface area contributed by atoms with Crippen LogP contribution in [0.2, 0.25) is 0 Å². The average molecular weight is 533 g/mol. The number of unbranched alkanes of at least 4 members (excludes halogenated alkanes) is 13. The highest BCUT2D eigenvalue weighted by molar-refractivity contribution is 5.69. The highest BCUT2D eigenvalue weighted by atomic mass is 16.6. The third-order valence-corrected chi connectivity index (χ3v) is 6.11. The van der Waals surface area contributed by atoms with Gasteiger partial charge in [-0.15, -0.1) is 0 Å². The zero-order chi connectivity index (χ0) is 26.9. The normalized spacial score (nSPS) is 11.3. The molecule has 0 aromatic rings. The molecular formula is C30H60O7. The smallest absolute Gasteiger partial charge is 0.305 e. The Morgan fingerprint density at radius 3 is 1.14 bits per heavy atom. The molecule has 0 aliphatic heterocycles. The lowest BCUT2D eigenvalue weighted by molar-refractivity contribution is -0.145. The van der Waals surface area contributed by atoms with Gasteiger partial charge in [-0.1, -0.05) is 97.3 Å². The van der Waals surface area contributed by atoms with E-state index in [0.29, 0.717) is 72.5 Å². The molecule has 222 valence electrons. The van der Waals surface area contributed by atoms with E-state index in [2.05, 4.69) is 13.8 Å². The molecular weight excluding hydrogens is 472 g/mol. The third kappa shape index (κ3) is 33.2. The van der Waals surface area contributed by atoms with Crippen LogP contribution in [0.4, 0.5) is 0 Å². The number of hydrogen-bond acceptors (Lipinski definition) is 7. The first-order valence-electron chi connectivity index (χ1n) is 15.4. The number of rotatable bonds is 32. The fourth-order valence-corrected chi connectivity index (χ4v) is 3.83. The van der Waals surface area contributed by atoms with Crippen LogP contribution in [0.3, 0.4) is 0 Å². The summed E-state index contributed by atoms with van der Waals surface area (Å²) in [6.45, 7) is 10.4. The summed E-state index contributed by atoms with van der Waals surface area (Å²) in [6, 6.07) is 0. The average Bonchev–Trinajstić information content (AvgIpc) is 2.90. The van der Waals surface area contributed by atoms with Gasteiger partial charge in [-0.3, -0.25) is 4.79 Å². The van der Waals surface area contributed by atoms with Gasteiger partial charge < -0.3 is 28.4 Å². The van der Waals surface area contributed by atoms with E-state index >= 15 is 0 Å². The molecule has 0 heterocycles. The van der Waals surface area contributed by atoms with E-state index in [-0.39, 0.29) is 5.97 Å². The van der Waals surface area contributed by atoms with Crippen LogP contribution in [-0.4, -0.2) is 78.6 Å². The second-order valence-corrected chi connectivity index (χ2v) is 9.63. The van der Waals surface area contributed by atoms with Crippen LogP contribution in [0.25, 0.3) is 0 Å². The summed E-state index contributed by atoms with van der Waals surface area (Å²) in [5, 5.41) is 0. The standard InChI is InChI=1S/C30H60O7/c1-3-5-7-9-10-11-12-13-14-15-17-19-32-20-21-33-22-23-34-24-25-35-26-27-36-28-29-37-30(31)18-16-8-6-4-2/h3-29H2,1-2H3. The van der Waals surface area contributed by atoms with Gasteiger partial charge in [0, 0.05) is 13.0 Å². The molecule has 0 aliphatic carbocycles. The Kier molecular flexibility index (Phi) is 32.6. The molecule has 0 aliphatic rings. The summed E-state index contributed by atoms with van der Waals surface area (Å²) in [5.74, 6) is -0.135. The molecule has 7 nitrogen and oxygen atoms in total. The predicted molar refractivity (Wildman–Crippen MR) is 150 cm³/mol. The van der Waals surface area contributed by atoms with Crippen molar-refractivity contribution < 1.29 is 33.2 Å². The van der Waals surface area contributed by atoms with Gasteiger partial charge in [0.05, 0.1) is 59.5 Å². The second-order valence-electron chi connectivity index (χ2n) is 9.63. The molecule has 0 spiro atoms. The summed E-state index contributed by atoms with van der Waals surface area (Å²) in [6.07, 6.45) is 19.7. The van der Waals surface area contributed by atoms with Gasteiger partial charge in [0.15, 0.2) is 0 Å². The van der Waals surface area contributed by atoms with E-state index < -0.39 is 0 Å². The molecule has 0 aromatic carbocycles. The van der Waals surface area contributed by atoms with Gasteiger partial charge >= 0.3 is 5.97 Å². The summed E-state index contributed by atoms with van der Waals surface area (Å²) in [5.41, 5.74) is 0. The van der Waals surface area contributed by atoms with Crippen LogP contribution in [0.5, 0.6) is 0 Å². The van der Waals surface area contributed by atoms with Crippen molar-refractivity contribution in [3.05, 3.63) is 0 Å². The molecule has 0 saturated heterocycles. The van der Waals surface area contributed by atoms with Crippen molar-refractivity contribution in [1.29, 1.82) is 0 Å². The molecule has 0 fully saturated rings. The van der Waals surface area contributed by atoms with Gasteiger partial charge in [0.25, 0.3) is 0 Å². The minimum atomic E-state index is -0.135. The quantitative estimate of drug-likeness (QED) is 0.0689. The molecule has 0 amide bonds. The Morgan fingerprint density at radius 1 is 0.378 bits per heavy atom. The first-order valence-corrected chi connectivity index (χ1v) is 15.4. The molecule has 0 saturated carbocycles. The number of esters is 1. The van der Waals surface area contributed by atoms with Crippen molar-refractivity contribution in [2.45, 2.75) is 117 Å². The highest BCUT2D eigenvalue weighted by Gasteiger charge is 2.02. The van der Waals surface area contributed by atoms with Crippen LogP contribution in [0.15, 0.2) is 0 Å². The summed E-state index contributed by atoms with van der Waals surface area (Å²) in [4.78, 5) is 11.5. The van der Waals surface area contributed by atoms with E-state index in [9.17, 15) is 4.79 Å². The predicted octanol–water partition coefficient (Wildman–Crippen LogP) is 6.89. The SMILES string of the molecule is CCCCCCCCCCCCCOCCOCCOCCOCCOCCOC(=O)CCCCCC. The number of hydrogen-bond donors (Lipinski definition) is 0. The maximum absolute atomic E-state index is 11.5. The van der Waals surface area contributed by atoms with Gasteiger partial charge in [0.2, 0.25) is 0 Å². The minimum Gasteiger partial charge on any atom is -0.463 e. The fourth-order valence-electron chi connectivity index (χ4n) is 3.83. The molecule has 0 atom stereocenters. The molecule has 0 aromatic heterocycles. The second kappa shape index (κ2) is 33.3. The Morgan fingerprint density at radius 2 is 0.703 bits per heavy atom. The Hall–Kier alpha value is -0.730. The van der Waals surface area contributed by atoms with Crippen molar-refractivity contribution >= 4 is 5.97 Å². The lowest BCUT2D eigenvalue weighted by atomic mass is 10.1. The monoisotopic (exact) mass is 532 g/mol. The lowest BCUT2D eigenvalue weighted by Crippen LogP contribution is -2.15. The zero-order valence-corrected chi connectivity index (χ0v) is 24.4. The van der Waals surface area contributed by atoms with E-state index in [1.54, 1.807) is 0 Å². The van der Waals surface area contributed by atoms with E-state index in [1.165, 1.54) is 77.0 Å². The van der Waals surface area contributed by atoms with E-state index in [0.717, 1.165) is 25.9 Å². The number of carbonyl (C=O) groups is 1. The Bertz CT molecular complexity index is 434. The molecule has 37 heavy (non-hydrogen) atoms. The van der Waals surface area contributed by atoms with E-state index in [4.69, 9.17) is 28.4 Å². The topological polar surface area (TPSA) is 72.5 Å². The molecule has 0 rings (SSSR count). The van der Waals surface area contributed by atoms with Crippen molar-refractivity contribution in [1.82, 2.24) is 0 Å². The van der Waals surface area contributed by atoms with Crippen molar-refractivity contribution in [3.8, 4) is 0 Å². The minimum absolute atomic E-state index is 0.135. The maximum atomic E-state index is 11.5. The molecule has 0 unspecified atom stereocenters. The van der Waals surface area contributed by atoms with Crippen LogP contribution < -0.4 is 0 Å². The van der Waals surface area contributed by atoms with Crippen LogP contribution in [0.1, 0.15) is 117 Å². The van der Waals surface area contributed by atoms with E-state index in [1.807, 2.05) is 0 Å². The Balaban J connectivity index is 3.07. The van der Waals surface area contributed by atoms with Crippen LogP contribution >= 0.6 is 0 Å². The van der Waals surface area contributed by atoms with Gasteiger partial charge in [0.1, 0.15) is 6.61 Å². The summed E-state index contributed by atoms with van der Waals surface area (Å²) in [7, 11) is 0. The van der Waals surface area contributed by atoms with Crippen molar-refractivity contribution in [2.75, 3.05) is 72.7 Å². The zero-order valence-electron chi connectivity index (χ0n) is 24.4. The van der Waals surface area contributed by atoms with Gasteiger partial charge in [-0.05, 0) is 12.8 Å². The highest BCUT2D eigenvalue weighted by Crippen LogP contribution is 2.11. The Labute approximate surface area is 228 Å². The van der Waals surface area contributed by atoms with Gasteiger partial charge in [-0.2, -0.15) is 0 Å². The fraction of sp³-hybridized carbons (Fsp3) is 0.967. The van der Waals surface area contributed by atoms with Crippen LogP contribution in [-0.2, 0) is 33.2 Å². The summed E-state index contributed by atoms with van der Waals surface area (Å²) < 4.78 is 32.6. The van der Waals surface area contributed by atoms with Crippen LogP contribution in [0, 0.1) is 0 Å². The first kappa shape index (κ1) is 36.3. The molecule has 7 heteroatoms. The molecule has 0 bridgehead atoms. The summed E-state index contributed by atoms with van der Waals surface area (Å²) >= 11 is 0.